The van der Waals surface area contributed by atoms with Gasteiger partial charge in [0.2, 0.25) is 5.91 Å². The van der Waals surface area contributed by atoms with Gasteiger partial charge in [-0.05, 0) is 89.7 Å². The van der Waals surface area contributed by atoms with Crippen molar-refractivity contribution in [1.82, 2.24) is 5.32 Å². The van der Waals surface area contributed by atoms with E-state index in [2.05, 4.69) is 115 Å². The van der Waals surface area contributed by atoms with Crippen molar-refractivity contribution in [3.8, 4) is 0 Å². The van der Waals surface area contributed by atoms with E-state index in [9.17, 15) is 46.8 Å². The number of benzene rings is 2. The third kappa shape index (κ3) is 86.0. The number of carboxylic acid groups (broad SMARTS) is 2. The smallest absolute Gasteiger partial charge is 0.321 e. The predicted octanol–water partition coefficient (Wildman–Crippen LogP) is 8.28. The highest BCUT2D eigenvalue weighted by atomic mass is 33.1. The van der Waals surface area contributed by atoms with Gasteiger partial charge in [0.05, 0.1) is 29.9 Å². The molecule has 0 spiro atoms. The van der Waals surface area contributed by atoms with E-state index >= 15 is 0 Å². The summed E-state index contributed by atoms with van der Waals surface area (Å²) < 4.78 is 20.4. The second-order valence-electron chi connectivity index (χ2n) is 17.9. The largest absolute Gasteiger partial charge is 0.480 e. The summed E-state index contributed by atoms with van der Waals surface area (Å²) in [5, 5.41) is 20.0. The molecule has 0 fully saturated rings. The molecule has 0 aliphatic carbocycles. The normalized spacial score (nSPS) is 11.9. The fraction of sp³-hybridized carbons (Fsp3) is 0.607. The summed E-state index contributed by atoms with van der Waals surface area (Å²) in [5.41, 5.74) is 29.2. The molecule has 0 saturated carbocycles. The van der Waals surface area contributed by atoms with Crippen LogP contribution >= 0.6 is 96.5 Å². The lowest BCUT2D eigenvalue weighted by atomic mass is 10.1. The van der Waals surface area contributed by atoms with Gasteiger partial charge < -0.3 is 49.0 Å². The molecule has 2 rings (SSSR count). The molecular weight excluding hydrogens is 1240 g/mol. The van der Waals surface area contributed by atoms with Crippen molar-refractivity contribution in [3.63, 3.8) is 0 Å². The van der Waals surface area contributed by atoms with Crippen LogP contribution in [0.3, 0.4) is 0 Å². The number of rotatable bonds is 26. The van der Waals surface area contributed by atoms with Crippen molar-refractivity contribution in [2.45, 2.75) is 168 Å². The number of nitrogens with one attached hydrogen (secondary N) is 1. The minimum atomic E-state index is -2.75. The zero-order valence-electron chi connectivity index (χ0n) is 51.2. The summed E-state index contributed by atoms with van der Waals surface area (Å²) in [4.78, 5) is 87.4. The third-order valence-corrected chi connectivity index (χ3v) is 14.6. The van der Waals surface area contributed by atoms with Crippen LogP contribution < -0.4 is 34.0 Å². The second kappa shape index (κ2) is 67.0. The highest BCUT2D eigenvalue weighted by Crippen LogP contribution is 2.22. The highest BCUT2D eigenvalue weighted by molar-refractivity contribution is 8.76. The molecule has 0 heterocycles. The zero-order valence-corrected chi connectivity index (χ0v) is 58.9. The number of thiol groups is 5. The van der Waals surface area contributed by atoms with Crippen LogP contribution in [0, 0.1) is 13.8 Å². The minimum absolute atomic E-state index is 0.00463. The first-order valence-electron chi connectivity index (χ1n) is 26.3. The van der Waals surface area contributed by atoms with Crippen molar-refractivity contribution in [3.05, 3.63) is 78.4 Å². The van der Waals surface area contributed by atoms with Crippen molar-refractivity contribution in [2.75, 3.05) is 52.8 Å². The number of nitrogens with two attached hydrogens (primary N) is 5. The van der Waals surface area contributed by atoms with Crippen LogP contribution in [0.25, 0.3) is 0 Å². The maximum atomic E-state index is 11.7. The topological polar surface area (TPSA) is 353 Å². The molecule has 0 saturated heterocycles. The Morgan fingerprint density at radius 2 is 1.10 bits per heavy atom. The molecule has 6 atom stereocenters. The molecule has 484 valence electrons. The first kappa shape index (κ1) is 96.8. The molecule has 2 aromatic carbocycles. The Bertz CT molecular complexity index is 2060. The molecule has 0 bridgehead atoms. The number of carbonyl (C=O) groups excluding carboxylic acids is 6. The number of amides is 1. The lowest BCUT2D eigenvalue weighted by molar-refractivity contribution is -0.139. The number of ketones is 5. The SMILES string of the molecule is C=CCC.CC(=O)C(N)CS.CC(=O)C(N)CSSCC(N)C(=O)O.CC(=O)CCC(=O)C(CS)NC(=O)CCC(N)C(=O)O.CC(C)S.CCC.CS(=O)(=O)CCS.CSCCC(N)C(C)=O.Cc1ccccc1.Cc1ccccc1S. The Morgan fingerprint density at radius 3 is 1.36 bits per heavy atom. The van der Waals surface area contributed by atoms with Gasteiger partial charge in [-0.1, -0.05) is 123 Å². The number of hydrogen-bond donors (Lipinski definition) is 13. The third-order valence-electron chi connectivity index (χ3n) is 8.73. The molecule has 0 aromatic heterocycles. The Kier molecular flexibility index (Phi) is 78.1. The van der Waals surface area contributed by atoms with E-state index in [1.54, 1.807) is 11.8 Å². The highest BCUT2D eigenvalue weighted by Gasteiger charge is 2.21. The second-order valence-corrected chi connectivity index (χ2v) is 26.4. The number of carbonyl (C=O) groups is 8. The number of thioether (sulfide) groups is 1. The van der Waals surface area contributed by atoms with Crippen molar-refractivity contribution >= 4 is 153 Å². The Balaban J connectivity index is -0.000000132. The van der Waals surface area contributed by atoms with Gasteiger partial charge in [-0.25, -0.2) is 8.42 Å². The number of Topliss-reactive ketones (excluding diaryl/α,β-unsaturated/α-hetero) is 5. The number of allylic oxidation sites excluding steroid dienone is 1. The molecular formula is C56H104N6O12S9. The Labute approximate surface area is 538 Å². The number of aliphatic carboxylic acids is 2. The van der Waals surface area contributed by atoms with Crippen molar-refractivity contribution in [1.29, 1.82) is 0 Å². The first-order chi connectivity index (χ1) is 38.4. The van der Waals surface area contributed by atoms with Crippen LogP contribution in [0.1, 0.15) is 118 Å². The van der Waals surface area contributed by atoms with Crippen LogP contribution in [0.4, 0.5) is 0 Å². The quantitative estimate of drug-likeness (QED) is 0.0182. The van der Waals surface area contributed by atoms with E-state index in [0.29, 0.717) is 28.3 Å². The van der Waals surface area contributed by atoms with Gasteiger partial charge >= 0.3 is 11.9 Å². The summed E-state index contributed by atoms with van der Waals surface area (Å²) in [7, 11) is -0.0736. The van der Waals surface area contributed by atoms with E-state index in [-0.39, 0.29) is 78.2 Å². The zero-order chi connectivity index (χ0) is 66.7. The summed E-state index contributed by atoms with van der Waals surface area (Å²) in [5.74, 6) is -0.108. The van der Waals surface area contributed by atoms with E-state index in [1.807, 2.05) is 75.6 Å². The van der Waals surface area contributed by atoms with Gasteiger partial charge in [0.15, 0.2) is 5.78 Å². The molecule has 6 unspecified atom stereocenters. The molecule has 18 nitrogen and oxygen atoms in total. The van der Waals surface area contributed by atoms with Gasteiger partial charge in [-0.15, -0.1) is 19.2 Å². The van der Waals surface area contributed by atoms with Crippen molar-refractivity contribution in [2.24, 2.45) is 28.7 Å². The van der Waals surface area contributed by atoms with Gasteiger partial charge in [0, 0.05) is 59.2 Å². The van der Waals surface area contributed by atoms with Crippen LogP contribution in [0.5, 0.6) is 0 Å². The lowest BCUT2D eigenvalue weighted by Gasteiger charge is -2.15. The molecule has 0 radical (unpaired) electrons. The first-order valence-corrected chi connectivity index (χ1v) is 35.1. The van der Waals surface area contributed by atoms with Crippen LogP contribution in [-0.4, -0.2) is 160 Å². The van der Waals surface area contributed by atoms with Gasteiger partial charge in [-0.2, -0.15) is 62.3 Å². The number of hydrogen-bond acceptors (Lipinski definition) is 23. The predicted molar refractivity (Wildman–Crippen MR) is 373 cm³/mol. The van der Waals surface area contributed by atoms with Gasteiger partial charge in [-0.3, -0.25) is 33.6 Å². The van der Waals surface area contributed by atoms with Gasteiger partial charge in [0.25, 0.3) is 0 Å². The molecule has 83 heavy (non-hydrogen) atoms. The number of sulfone groups is 1. The van der Waals surface area contributed by atoms with Crippen LogP contribution in [0.2, 0.25) is 0 Å². The fourth-order valence-corrected chi connectivity index (χ4v) is 8.50. The van der Waals surface area contributed by atoms with E-state index in [4.69, 9.17) is 38.9 Å². The molecule has 13 N–H and O–H groups in total. The van der Waals surface area contributed by atoms with Crippen LogP contribution in [-0.2, 0) is 48.2 Å². The van der Waals surface area contributed by atoms with Crippen molar-refractivity contribution < 1.29 is 57.0 Å². The monoisotopic (exact) mass is 1340 g/mol. The average Bonchev–Trinajstić information content (AvgIpc) is 3.40. The molecule has 27 heteroatoms. The maximum Gasteiger partial charge on any atom is 0.321 e. The fourth-order valence-electron chi connectivity index (χ4n) is 3.65. The molecule has 1 amide bonds. The minimum Gasteiger partial charge on any atom is -0.480 e. The van der Waals surface area contributed by atoms with Crippen LogP contribution in [0.15, 0.2) is 72.1 Å². The van der Waals surface area contributed by atoms with E-state index < -0.39 is 51.9 Å². The number of aryl methyl sites for hydroxylation is 2. The Hall–Kier alpha value is -2.51. The van der Waals surface area contributed by atoms with E-state index in [1.165, 1.54) is 73.1 Å². The van der Waals surface area contributed by atoms with Gasteiger partial charge in [0.1, 0.15) is 45.1 Å². The summed E-state index contributed by atoms with van der Waals surface area (Å²) >= 11 is 21.4. The average molecular weight is 1340 g/mol. The Morgan fingerprint density at radius 1 is 0.675 bits per heavy atom. The summed E-state index contributed by atoms with van der Waals surface area (Å²) in [6.45, 7) is 23.8. The molecule has 0 aliphatic rings. The summed E-state index contributed by atoms with van der Waals surface area (Å²) in [6.07, 6.45) is 8.30. The maximum absolute atomic E-state index is 11.7. The molecule has 0 aliphatic heterocycles. The summed E-state index contributed by atoms with van der Waals surface area (Å²) in [6, 6.07) is 14.5. The molecule has 2 aromatic rings. The standard InChI is InChI=1S/C12H20N2O5S.C7H14N2O3S2.C7H8S.C7H8.C6H13NOS.C4H9NOS.C4H8.C3H8O2S2.C3H8S.C3H8/c1-7(15)2-4-10(16)9(6-20)14-11(17)5-3-8(13)12(18)19;1-4(10)5(8)2-13-14-3-6(9)7(11)12;1-6-4-2-3-5-7(6)8;1-7-5-3-2-4-6-7;1-5(8)6(7)3-4-9-2;1-3(6)4(5)2-7;1-3-4-2;1-7(4,5)3-2-6;1-3(2)4;1-3-2/h8-9,20H,2-6,13H2,1H3,(H,14,17)(H,18,19);5-6H,2-3,8-9H2,1H3,(H,11,12);2-5,8H,1H3;2-6H,1H3;6H,3-4,7H2,1-2H3;4,7H,2,5H2,1H3;3H,1,4H2,2H3;6H,2-3H2,1H3;3-4H,1-2H3;3H2,1-2H3. The number of carboxylic acids is 2. The van der Waals surface area contributed by atoms with E-state index in [0.717, 1.165) is 23.5 Å². The lowest BCUT2D eigenvalue weighted by Crippen LogP contribution is -2.43.